The third-order valence-corrected chi connectivity index (χ3v) is 2.32. The first-order valence-electron chi connectivity index (χ1n) is 3.99. The summed E-state index contributed by atoms with van der Waals surface area (Å²) in [6.45, 7) is 1.86. The van der Waals surface area contributed by atoms with Gasteiger partial charge < -0.3 is 0 Å². The molecule has 0 aliphatic rings. The lowest BCUT2D eigenvalue weighted by Gasteiger charge is -1.92. The summed E-state index contributed by atoms with van der Waals surface area (Å²) >= 11 is 1.68. The van der Waals surface area contributed by atoms with Gasteiger partial charge in [-0.15, -0.1) is 0 Å². The van der Waals surface area contributed by atoms with Gasteiger partial charge in [0.15, 0.2) is 5.78 Å². The van der Waals surface area contributed by atoms with E-state index in [1.165, 1.54) is 5.56 Å². The molecule has 2 heteroatoms. The van der Waals surface area contributed by atoms with E-state index in [-0.39, 0.29) is 5.78 Å². The number of allylic oxidation sites excluding steroid dienone is 2. The van der Waals surface area contributed by atoms with Crippen LogP contribution < -0.4 is 0 Å². The second-order valence-electron chi connectivity index (χ2n) is 2.60. The van der Waals surface area contributed by atoms with Crippen molar-refractivity contribution in [2.24, 2.45) is 0 Å². The van der Waals surface area contributed by atoms with E-state index in [9.17, 15) is 4.79 Å². The van der Waals surface area contributed by atoms with Crippen LogP contribution in [0.5, 0.6) is 0 Å². The summed E-state index contributed by atoms with van der Waals surface area (Å²) in [4.78, 5) is 11.1. The van der Waals surface area contributed by atoms with Crippen LogP contribution in [-0.2, 0) is 11.2 Å². The van der Waals surface area contributed by atoms with Gasteiger partial charge in [-0.1, -0.05) is 6.08 Å². The number of carbonyl (C=O) groups excluding carboxylic acids is 1. The van der Waals surface area contributed by atoms with E-state index < -0.39 is 0 Å². The van der Waals surface area contributed by atoms with Gasteiger partial charge in [0.05, 0.1) is 0 Å². The summed E-state index contributed by atoms with van der Waals surface area (Å²) < 4.78 is 0. The second kappa shape index (κ2) is 4.88. The lowest BCUT2D eigenvalue weighted by molar-refractivity contribution is -0.114. The van der Waals surface area contributed by atoms with E-state index in [0.29, 0.717) is 6.42 Å². The Labute approximate surface area is 76.7 Å². The van der Waals surface area contributed by atoms with Crippen LogP contribution in [-0.4, -0.2) is 5.78 Å². The molecule has 1 heterocycles. The molecule has 1 aromatic heterocycles. The molecular weight excluding hydrogens is 168 g/mol. The smallest absolute Gasteiger partial charge is 0.155 e. The Bertz CT molecular complexity index is 259. The Morgan fingerprint density at radius 2 is 2.50 bits per heavy atom. The van der Waals surface area contributed by atoms with Crippen molar-refractivity contribution in [3.63, 3.8) is 0 Å². The minimum Gasteiger partial charge on any atom is -0.295 e. The van der Waals surface area contributed by atoms with E-state index in [0.717, 1.165) is 6.42 Å². The Balaban J connectivity index is 2.31. The first kappa shape index (κ1) is 9.20. The first-order valence-corrected chi connectivity index (χ1v) is 4.94. The van der Waals surface area contributed by atoms with Crippen molar-refractivity contribution >= 4 is 17.1 Å². The maximum atomic E-state index is 11.1. The van der Waals surface area contributed by atoms with Gasteiger partial charge in [0.2, 0.25) is 0 Å². The molecule has 0 atom stereocenters. The molecule has 0 spiro atoms. The van der Waals surface area contributed by atoms with Gasteiger partial charge in [0.25, 0.3) is 0 Å². The van der Waals surface area contributed by atoms with Crippen LogP contribution in [0.3, 0.4) is 0 Å². The fourth-order valence-electron chi connectivity index (χ4n) is 0.972. The Kier molecular flexibility index (Phi) is 3.74. The maximum Gasteiger partial charge on any atom is 0.155 e. The van der Waals surface area contributed by atoms with Gasteiger partial charge in [-0.3, -0.25) is 4.79 Å². The van der Waals surface area contributed by atoms with Gasteiger partial charge in [0, 0.05) is 6.42 Å². The summed E-state index contributed by atoms with van der Waals surface area (Å²) in [5, 5.41) is 4.12. The number of hydrogen-bond donors (Lipinski definition) is 0. The van der Waals surface area contributed by atoms with Crippen molar-refractivity contribution in [2.45, 2.75) is 19.8 Å². The second-order valence-corrected chi connectivity index (χ2v) is 3.38. The summed E-state index contributed by atoms with van der Waals surface area (Å²) in [5.41, 5.74) is 1.26. The molecule has 0 saturated carbocycles. The Hall–Kier alpha value is -0.890. The number of thiophene rings is 1. The predicted molar refractivity (Wildman–Crippen MR) is 52.5 cm³/mol. The molecule has 1 nitrogen and oxygen atoms in total. The predicted octanol–water partition coefficient (Wildman–Crippen LogP) is 2.83. The first-order chi connectivity index (χ1) is 5.83. The van der Waals surface area contributed by atoms with Crippen LogP contribution in [0.25, 0.3) is 0 Å². The van der Waals surface area contributed by atoms with Crippen LogP contribution in [0, 0.1) is 0 Å². The van der Waals surface area contributed by atoms with E-state index >= 15 is 0 Å². The highest BCUT2D eigenvalue weighted by Gasteiger charge is 1.97. The number of rotatable bonds is 4. The molecular formula is C10H12OS. The van der Waals surface area contributed by atoms with Crippen LogP contribution in [0.2, 0.25) is 0 Å². The van der Waals surface area contributed by atoms with E-state index in [1.807, 2.05) is 12.3 Å². The van der Waals surface area contributed by atoms with Crippen molar-refractivity contribution in [2.75, 3.05) is 0 Å². The lowest BCUT2D eigenvalue weighted by Crippen LogP contribution is -1.94. The topological polar surface area (TPSA) is 17.1 Å². The van der Waals surface area contributed by atoms with Gasteiger partial charge in [-0.25, -0.2) is 0 Å². The molecule has 0 aliphatic carbocycles. The maximum absolute atomic E-state index is 11.1. The summed E-state index contributed by atoms with van der Waals surface area (Å²) in [6.07, 6.45) is 4.91. The number of hydrogen-bond acceptors (Lipinski definition) is 2. The quantitative estimate of drug-likeness (QED) is 0.651. The molecule has 0 aromatic carbocycles. The third-order valence-electron chi connectivity index (χ3n) is 1.59. The molecule has 1 aromatic rings. The molecule has 0 N–H and O–H groups in total. The summed E-state index contributed by atoms with van der Waals surface area (Å²) in [5.74, 6) is 0.212. The normalized spacial score (nSPS) is 10.8. The van der Waals surface area contributed by atoms with Gasteiger partial charge in [-0.05, 0) is 41.8 Å². The summed E-state index contributed by atoms with van der Waals surface area (Å²) in [7, 11) is 0. The van der Waals surface area contributed by atoms with Gasteiger partial charge in [-0.2, -0.15) is 11.3 Å². The third kappa shape index (κ3) is 3.01. The van der Waals surface area contributed by atoms with Crippen molar-refractivity contribution in [3.8, 4) is 0 Å². The van der Waals surface area contributed by atoms with Crippen LogP contribution >= 0.6 is 11.3 Å². The van der Waals surface area contributed by atoms with Gasteiger partial charge >= 0.3 is 0 Å². The molecule has 1 rings (SSSR count). The average molecular weight is 180 g/mol. The number of aryl methyl sites for hydroxylation is 1. The molecule has 0 fully saturated rings. The molecule has 0 unspecified atom stereocenters. The molecule has 0 aliphatic heterocycles. The molecule has 0 saturated heterocycles. The van der Waals surface area contributed by atoms with Crippen molar-refractivity contribution < 1.29 is 4.79 Å². The largest absolute Gasteiger partial charge is 0.295 e. The van der Waals surface area contributed by atoms with E-state index in [1.54, 1.807) is 23.5 Å². The van der Waals surface area contributed by atoms with E-state index in [2.05, 4.69) is 11.4 Å². The standard InChI is InChI=1S/C10H12OS/c1-2-3-10(11)5-4-9-6-7-12-8-9/h2-3,6-8H,4-5H2,1H3/b3-2+. The molecule has 0 radical (unpaired) electrons. The van der Waals surface area contributed by atoms with Crippen molar-refractivity contribution in [3.05, 3.63) is 34.5 Å². The van der Waals surface area contributed by atoms with Crippen molar-refractivity contribution in [1.82, 2.24) is 0 Å². The molecule has 0 amide bonds. The molecule has 12 heavy (non-hydrogen) atoms. The fourth-order valence-corrected chi connectivity index (χ4v) is 1.67. The van der Waals surface area contributed by atoms with Crippen LogP contribution in [0.15, 0.2) is 29.0 Å². The molecule has 64 valence electrons. The highest BCUT2D eigenvalue weighted by atomic mass is 32.1. The monoisotopic (exact) mass is 180 g/mol. The molecule has 0 bridgehead atoms. The number of ketones is 1. The minimum absolute atomic E-state index is 0.212. The lowest BCUT2D eigenvalue weighted by atomic mass is 10.1. The zero-order chi connectivity index (χ0) is 8.81. The average Bonchev–Trinajstić information content (AvgIpc) is 2.53. The number of carbonyl (C=O) groups is 1. The van der Waals surface area contributed by atoms with Gasteiger partial charge in [0.1, 0.15) is 0 Å². The highest BCUT2D eigenvalue weighted by molar-refractivity contribution is 7.07. The Morgan fingerprint density at radius 3 is 3.08 bits per heavy atom. The highest BCUT2D eigenvalue weighted by Crippen LogP contribution is 2.08. The zero-order valence-corrected chi connectivity index (χ0v) is 7.93. The van der Waals surface area contributed by atoms with E-state index in [4.69, 9.17) is 0 Å². The van der Waals surface area contributed by atoms with Crippen LogP contribution in [0.1, 0.15) is 18.9 Å². The Morgan fingerprint density at radius 1 is 1.67 bits per heavy atom. The summed E-state index contributed by atoms with van der Waals surface area (Å²) in [6, 6.07) is 2.06. The van der Waals surface area contributed by atoms with Crippen molar-refractivity contribution in [1.29, 1.82) is 0 Å². The SMILES string of the molecule is C/C=C/C(=O)CCc1ccsc1. The van der Waals surface area contributed by atoms with Crippen LogP contribution in [0.4, 0.5) is 0 Å². The zero-order valence-electron chi connectivity index (χ0n) is 7.12. The fraction of sp³-hybridized carbons (Fsp3) is 0.300. The minimum atomic E-state index is 0.212.